The zero-order valence-electron chi connectivity index (χ0n) is 19.3. The lowest BCUT2D eigenvalue weighted by Crippen LogP contribution is -2.44. The third-order valence-electron chi connectivity index (χ3n) is 6.52. The molecule has 0 radical (unpaired) electrons. The summed E-state index contributed by atoms with van der Waals surface area (Å²) >= 11 is 1.33. The molecular formula is C26H29N3O4S. The van der Waals surface area contributed by atoms with Crippen LogP contribution in [-0.2, 0) is 11.3 Å². The zero-order valence-corrected chi connectivity index (χ0v) is 20.1. The number of nitrogens with zero attached hydrogens (tertiary/aromatic N) is 3. The number of rotatable bonds is 6. The Morgan fingerprint density at radius 3 is 2.76 bits per heavy atom. The molecular weight excluding hydrogens is 450 g/mol. The predicted octanol–water partition coefficient (Wildman–Crippen LogP) is 4.12. The van der Waals surface area contributed by atoms with Gasteiger partial charge in [-0.05, 0) is 49.9 Å². The summed E-state index contributed by atoms with van der Waals surface area (Å²) in [6.07, 6.45) is 3.92. The SMILES string of the molecule is CC[C@H]1CCCCN1C(=O)CSc1nc2ccccc2c(=O)n1C[C@@H]1COc2ccccc2O1. The first-order valence-electron chi connectivity index (χ1n) is 11.9. The van der Waals surface area contributed by atoms with Crippen molar-refractivity contribution in [3.8, 4) is 11.5 Å². The van der Waals surface area contributed by atoms with Gasteiger partial charge in [-0.2, -0.15) is 0 Å². The molecule has 1 aromatic heterocycles. The number of thioether (sulfide) groups is 1. The van der Waals surface area contributed by atoms with Gasteiger partial charge < -0.3 is 14.4 Å². The van der Waals surface area contributed by atoms with Crippen molar-refractivity contribution >= 4 is 28.6 Å². The topological polar surface area (TPSA) is 73.7 Å². The highest BCUT2D eigenvalue weighted by molar-refractivity contribution is 7.99. The minimum Gasteiger partial charge on any atom is -0.486 e. The molecule has 0 N–H and O–H groups in total. The second kappa shape index (κ2) is 10.1. The number of likely N-dealkylation sites (tertiary alicyclic amines) is 1. The van der Waals surface area contributed by atoms with Crippen molar-refractivity contribution in [2.45, 2.75) is 56.5 Å². The molecule has 7 nitrogen and oxygen atoms in total. The molecule has 0 saturated carbocycles. The minimum absolute atomic E-state index is 0.108. The monoisotopic (exact) mass is 479 g/mol. The van der Waals surface area contributed by atoms with Gasteiger partial charge in [0.15, 0.2) is 22.8 Å². The largest absolute Gasteiger partial charge is 0.486 e. The van der Waals surface area contributed by atoms with Crippen LogP contribution in [0.3, 0.4) is 0 Å². The van der Waals surface area contributed by atoms with E-state index in [0.29, 0.717) is 46.8 Å². The molecule has 0 bridgehead atoms. The standard InChI is InChI=1S/C26H29N3O4S/c1-2-18-9-7-8-14-28(18)24(30)17-34-26-27-21-11-4-3-10-20(21)25(31)29(26)15-19-16-32-22-12-5-6-13-23(22)33-19/h3-6,10-13,18-19H,2,7-9,14-17H2,1H3/t18-,19+/m0/s1. The van der Waals surface area contributed by atoms with Crippen LogP contribution in [0.4, 0.5) is 0 Å². The molecule has 3 aromatic rings. The van der Waals surface area contributed by atoms with Gasteiger partial charge >= 0.3 is 0 Å². The number of fused-ring (bicyclic) bond motifs is 2. The molecule has 0 spiro atoms. The van der Waals surface area contributed by atoms with Crippen LogP contribution < -0.4 is 15.0 Å². The summed E-state index contributed by atoms with van der Waals surface area (Å²) in [5, 5.41) is 1.09. The number of ether oxygens (including phenoxy) is 2. The van der Waals surface area contributed by atoms with E-state index in [1.165, 1.54) is 18.2 Å². The Kier molecular flexibility index (Phi) is 6.76. The van der Waals surface area contributed by atoms with Gasteiger partial charge in [0.1, 0.15) is 6.61 Å². The molecule has 178 valence electrons. The summed E-state index contributed by atoms with van der Waals surface area (Å²) < 4.78 is 13.6. The van der Waals surface area contributed by atoms with E-state index in [1.807, 2.05) is 47.4 Å². The summed E-state index contributed by atoms with van der Waals surface area (Å²) in [5.41, 5.74) is 0.502. The van der Waals surface area contributed by atoms with Crippen LogP contribution in [0.1, 0.15) is 32.6 Å². The number of carbonyl (C=O) groups excluding carboxylic acids is 1. The minimum atomic E-state index is -0.336. The van der Waals surface area contributed by atoms with Crippen LogP contribution in [0.25, 0.3) is 10.9 Å². The smallest absolute Gasteiger partial charge is 0.262 e. The second-order valence-corrected chi connectivity index (χ2v) is 9.70. The lowest BCUT2D eigenvalue weighted by atomic mass is 10.0. The van der Waals surface area contributed by atoms with Crippen LogP contribution in [0.15, 0.2) is 58.5 Å². The molecule has 2 aliphatic rings. The molecule has 2 aliphatic heterocycles. The van der Waals surface area contributed by atoms with E-state index in [1.54, 1.807) is 10.6 Å². The van der Waals surface area contributed by atoms with Gasteiger partial charge in [-0.3, -0.25) is 14.2 Å². The average Bonchev–Trinajstić information content (AvgIpc) is 2.89. The number of para-hydroxylation sites is 3. The van der Waals surface area contributed by atoms with E-state index in [2.05, 4.69) is 6.92 Å². The fourth-order valence-corrected chi connectivity index (χ4v) is 5.63. The number of hydrogen-bond donors (Lipinski definition) is 0. The maximum atomic E-state index is 13.4. The van der Waals surface area contributed by atoms with Crippen molar-refractivity contribution < 1.29 is 14.3 Å². The Labute approximate surface area is 203 Å². The number of hydrogen-bond acceptors (Lipinski definition) is 6. The van der Waals surface area contributed by atoms with E-state index in [9.17, 15) is 9.59 Å². The number of amides is 1. The Hall–Kier alpha value is -3.00. The van der Waals surface area contributed by atoms with Gasteiger partial charge in [0, 0.05) is 12.6 Å². The molecule has 5 rings (SSSR count). The van der Waals surface area contributed by atoms with Gasteiger partial charge in [0.25, 0.3) is 5.56 Å². The van der Waals surface area contributed by atoms with Crippen LogP contribution in [0, 0.1) is 0 Å². The van der Waals surface area contributed by atoms with E-state index in [0.717, 1.165) is 25.8 Å². The van der Waals surface area contributed by atoms with Gasteiger partial charge in [-0.25, -0.2) is 4.98 Å². The molecule has 3 heterocycles. The highest BCUT2D eigenvalue weighted by Gasteiger charge is 2.27. The molecule has 8 heteroatoms. The van der Waals surface area contributed by atoms with Crippen LogP contribution in [-0.4, -0.2) is 51.4 Å². The summed E-state index contributed by atoms with van der Waals surface area (Å²) in [5.74, 6) is 1.74. The van der Waals surface area contributed by atoms with Crippen molar-refractivity contribution in [1.29, 1.82) is 0 Å². The lowest BCUT2D eigenvalue weighted by molar-refractivity contribution is -0.132. The van der Waals surface area contributed by atoms with Gasteiger partial charge in [0.05, 0.1) is 23.2 Å². The highest BCUT2D eigenvalue weighted by atomic mass is 32.2. The number of piperidine rings is 1. The molecule has 0 aliphatic carbocycles. The van der Waals surface area contributed by atoms with Crippen LogP contribution in [0.2, 0.25) is 0 Å². The number of aromatic nitrogens is 2. The number of benzene rings is 2. The Morgan fingerprint density at radius 1 is 1.12 bits per heavy atom. The molecule has 2 aromatic carbocycles. The Bertz CT molecular complexity index is 1240. The zero-order chi connectivity index (χ0) is 23.5. The summed E-state index contributed by atoms with van der Waals surface area (Å²) in [6, 6.07) is 15.2. The van der Waals surface area contributed by atoms with Crippen LogP contribution >= 0.6 is 11.8 Å². The fraction of sp³-hybridized carbons (Fsp3) is 0.423. The van der Waals surface area contributed by atoms with Crippen molar-refractivity contribution in [1.82, 2.24) is 14.5 Å². The molecule has 1 fully saturated rings. The second-order valence-electron chi connectivity index (χ2n) is 8.76. The van der Waals surface area contributed by atoms with Gasteiger partial charge in [-0.1, -0.05) is 43.0 Å². The summed E-state index contributed by atoms with van der Waals surface area (Å²) in [7, 11) is 0. The van der Waals surface area contributed by atoms with E-state index < -0.39 is 0 Å². The molecule has 2 atom stereocenters. The van der Waals surface area contributed by atoms with Gasteiger partial charge in [-0.15, -0.1) is 0 Å². The molecule has 34 heavy (non-hydrogen) atoms. The third kappa shape index (κ3) is 4.64. The number of carbonyl (C=O) groups is 1. The van der Waals surface area contributed by atoms with Crippen LogP contribution in [0.5, 0.6) is 11.5 Å². The predicted molar refractivity (Wildman–Crippen MR) is 133 cm³/mol. The average molecular weight is 480 g/mol. The van der Waals surface area contributed by atoms with Crippen molar-refractivity contribution in [2.24, 2.45) is 0 Å². The van der Waals surface area contributed by atoms with Crippen molar-refractivity contribution in [2.75, 3.05) is 18.9 Å². The maximum Gasteiger partial charge on any atom is 0.262 e. The van der Waals surface area contributed by atoms with E-state index in [4.69, 9.17) is 14.5 Å². The molecule has 1 saturated heterocycles. The highest BCUT2D eigenvalue weighted by Crippen LogP contribution is 2.31. The van der Waals surface area contributed by atoms with Crippen molar-refractivity contribution in [3.05, 3.63) is 58.9 Å². The molecule has 0 unspecified atom stereocenters. The Balaban J connectivity index is 1.40. The normalized spacial score (nSPS) is 19.9. The lowest BCUT2D eigenvalue weighted by Gasteiger charge is -2.35. The third-order valence-corrected chi connectivity index (χ3v) is 7.48. The first kappa shape index (κ1) is 22.8. The first-order chi connectivity index (χ1) is 16.6. The summed E-state index contributed by atoms with van der Waals surface area (Å²) in [4.78, 5) is 33.3. The van der Waals surface area contributed by atoms with E-state index >= 15 is 0 Å². The van der Waals surface area contributed by atoms with E-state index in [-0.39, 0.29) is 23.3 Å². The quantitative estimate of drug-likeness (QED) is 0.391. The summed E-state index contributed by atoms with van der Waals surface area (Å²) in [6.45, 7) is 3.58. The fourth-order valence-electron chi connectivity index (χ4n) is 4.74. The van der Waals surface area contributed by atoms with Crippen molar-refractivity contribution in [3.63, 3.8) is 0 Å². The molecule has 1 amide bonds. The maximum absolute atomic E-state index is 13.4. The van der Waals surface area contributed by atoms with Gasteiger partial charge in [0.2, 0.25) is 5.91 Å². The first-order valence-corrected chi connectivity index (χ1v) is 12.9. The Morgan fingerprint density at radius 2 is 1.91 bits per heavy atom.